The number of nitrogens with zero attached hydrogens (tertiary/aromatic N) is 3. The van der Waals surface area contributed by atoms with Crippen molar-refractivity contribution in [2.75, 3.05) is 19.7 Å². The summed E-state index contributed by atoms with van der Waals surface area (Å²) in [5, 5.41) is 4.12. The van der Waals surface area contributed by atoms with Crippen molar-refractivity contribution in [3.8, 4) is 0 Å². The van der Waals surface area contributed by atoms with Gasteiger partial charge in [0.2, 0.25) is 0 Å². The highest BCUT2D eigenvalue weighted by molar-refractivity contribution is 5.92. The van der Waals surface area contributed by atoms with E-state index >= 15 is 0 Å². The first kappa shape index (κ1) is 14.7. The second kappa shape index (κ2) is 5.36. The van der Waals surface area contributed by atoms with Crippen LogP contribution < -0.4 is 0 Å². The van der Waals surface area contributed by atoms with Crippen LogP contribution in [-0.2, 0) is 22.2 Å². The van der Waals surface area contributed by atoms with Crippen molar-refractivity contribution in [3.63, 3.8) is 0 Å². The van der Waals surface area contributed by atoms with Crippen molar-refractivity contribution in [3.05, 3.63) is 29.4 Å². The van der Waals surface area contributed by atoms with Crippen molar-refractivity contribution >= 4 is 5.91 Å². The number of ether oxygens (including phenoxy) is 1. The Morgan fingerprint density at radius 1 is 1.50 bits per heavy atom. The Kier molecular flexibility index (Phi) is 3.94. The molecule has 1 aliphatic heterocycles. The third-order valence-corrected chi connectivity index (χ3v) is 3.50. The number of carbonyl (C=O) groups is 1. The summed E-state index contributed by atoms with van der Waals surface area (Å²) in [6.07, 6.45) is 3.57. The lowest BCUT2D eigenvalue weighted by molar-refractivity contribution is -0.147. The molecule has 0 bridgehead atoms. The molecule has 0 radical (unpaired) electrons. The summed E-state index contributed by atoms with van der Waals surface area (Å²) in [6.45, 7) is 6.17. The largest absolute Gasteiger partial charge is 0.367 e. The molecular weight excluding hydrogens is 261 g/mol. The molecule has 1 aliphatic rings. The number of morpholine rings is 1. The molecule has 1 fully saturated rings. The van der Waals surface area contributed by atoms with Crippen molar-refractivity contribution in [1.82, 2.24) is 14.7 Å². The Hall–Kier alpha value is -1.69. The number of amides is 1. The van der Waals surface area contributed by atoms with Crippen LogP contribution in [0.5, 0.6) is 0 Å². The number of hydrogen-bond acceptors (Lipinski definition) is 3. The molecule has 0 aromatic carbocycles. The molecule has 1 atom stereocenters. The molecule has 1 amide bonds. The number of carbonyl (C=O) groups excluding carboxylic acids is 1. The van der Waals surface area contributed by atoms with E-state index in [1.165, 1.54) is 4.90 Å². The number of halogens is 1. The molecule has 0 saturated carbocycles. The monoisotopic (exact) mass is 281 g/mol. The van der Waals surface area contributed by atoms with Crippen LogP contribution in [0, 0.1) is 0 Å². The molecule has 1 unspecified atom stereocenters. The molecule has 1 saturated heterocycles. The lowest BCUT2D eigenvalue weighted by Gasteiger charge is -2.39. The van der Waals surface area contributed by atoms with Gasteiger partial charge in [0.15, 0.2) is 5.83 Å². The van der Waals surface area contributed by atoms with Crippen LogP contribution in [0.25, 0.3) is 0 Å². The average molecular weight is 281 g/mol. The normalized spacial score (nSPS) is 22.8. The van der Waals surface area contributed by atoms with Crippen LogP contribution in [0.3, 0.4) is 0 Å². The van der Waals surface area contributed by atoms with Gasteiger partial charge in [-0.05, 0) is 26.3 Å². The zero-order chi connectivity index (χ0) is 14.9. The Labute approximate surface area is 118 Å². The molecule has 2 rings (SSSR count). The minimum absolute atomic E-state index is 0.318. The van der Waals surface area contributed by atoms with Gasteiger partial charge >= 0.3 is 0 Å². The van der Waals surface area contributed by atoms with E-state index in [9.17, 15) is 9.18 Å². The minimum atomic E-state index is -0.680. The molecule has 1 aromatic heterocycles. The molecule has 0 spiro atoms. The van der Waals surface area contributed by atoms with Gasteiger partial charge in [-0.2, -0.15) is 5.10 Å². The van der Waals surface area contributed by atoms with Gasteiger partial charge in [-0.15, -0.1) is 0 Å². The summed E-state index contributed by atoms with van der Waals surface area (Å²) in [5.74, 6) is -1.25. The maximum absolute atomic E-state index is 13.8. The number of aromatic nitrogens is 2. The van der Waals surface area contributed by atoms with Crippen LogP contribution in [0.2, 0.25) is 0 Å². The van der Waals surface area contributed by atoms with Gasteiger partial charge in [-0.1, -0.05) is 0 Å². The molecule has 20 heavy (non-hydrogen) atoms. The third-order valence-electron chi connectivity index (χ3n) is 3.50. The second-order valence-electron chi connectivity index (χ2n) is 5.52. The smallest absolute Gasteiger partial charge is 0.282 e. The van der Waals surface area contributed by atoms with Crippen LogP contribution in [0.15, 0.2) is 23.8 Å². The lowest BCUT2D eigenvalue weighted by atomic mass is 9.97. The third kappa shape index (κ3) is 2.75. The van der Waals surface area contributed by atoms with E-state index in [-0.39, 0.29) is 0 Å². The predicted molar refractivity (Wildman–Crippen MR) is 72.6 cm³/mol. The molecule has 110 valence electrons. The average Bonchev–Trinajstić information content (AvgIpc) is 2.84. The molecule has 0 aliphatic carbocycles. The van der Waals surface area contributed by atoms with Gasteiger partial charge in [0.25, 0.3) is 5.91 Å². The zero-order valence-electron chi connectivity index (χ0n) is 12.3. The number of aryl methyl sites for hydroxylation is 1. The first-order valence-electron chi connectivity index (χ1n) is 6.59. The predicted octanol–water partition coefficient (Wildman–Crippen LogP) is 1.76. The maximum atomic E-state index is 13.8. The van der Waals surface area contributed by atoms with Crippen LogP contribution >= 0.6 is 0 Å². The van der Waals surface area contributed by atoms with Crippen molar-refractivity contribution in [2.45, 2.75) is 26.4 Å². The van der Waals surface area contributed by atoms with Gasteiger partial charge in [0.05, 0.1) is 19.3 Å². The molecule has 6 heteroatoms. The van der Waals surface area contributed by atoms with Gasteiger partial charge in [0, 0.05) is 25.4 Å². The molecular formula is C14H20FN3O2. The number of rotatable bonds is 2. The fraction of sp³-hybridized carbons (Fsp3) is 0.571. The van der Waals surface area contributed by atoms with Gasteiger partial charge in [0.1, 0.15) is 5.60 Å². The summed E-state index contributed by atoms with van der Waals surface area (Å²) < 4.78 is 21.3. The van der Waals surface area contributed by atoms with E-state index < -0.39 is 17.3 Å². The number of allylic oxidation sites excluding steroid dienone is 1. The first-order chi connectivity index (χ1) is 9.33. The molecule has 0 N–H and O–H groups in total. The fourth-order valence-electron chi connectivity index (χ4n) is 2.26. The zero-order valence-corrected chi connectivity index (χ0v) is 12.3. The Morgan fingerprint density at radius 2 is 2.20 bits per heavy atom. The van der Waals surface area contributed by atoms with Crippen LogP contribution in [-0.4, -0.2) is 40.3 Å². The van der Waals surface area contributed by atoms with E-state index in [4.69, 9.17) is 4.74 Å². The van der Waals surface area contributed by atoms with Crippen LogP contribution in [0.4, 0.5) is 4.39 Å². The van der Waals surface area contributed by atoms with E-state index in [1.807, 2.05) is 20.2 Å². The fourth-order valence-corrected chi connectivity index (χ4v) is 2.26. The SMILES string of the molecule is CC(C)=C(F)C(=O)N1CCOC(C)(c2cnn(C)c2)C1. The summed E-state index contributed by atoms with van der Waals surface area (Å²) in [6, 6.07) is 0. The van der Waals surface area contributed by atoms with E-state index in [1.54, 1.807) is 24.7 Å². The molecule has 1 aromatic rings. The van der Waals surface area contributed by atoms with Gasteiger partial charge in [-0.25, -0.2) is 4.39 Å². The minimum Gasteiger partial charge on any atom is -0.367 e. The van der Waals surface area contributed by atoms with E-state index in [2.05, 4.69) is 5.10 Å². The van der Waals surface area contributed by atoms with Gasteiger partial charge in [-0.3, -0.25) is 9.48 Å². The quantitative estimate of drug-likeness (QED) is 0.776. The van der Waals surface area contributed by atoms with Crippen molar-refractivity contribution in [1.29, 1.82) is 0 Å². The van der Waals surface area contributed by atoms with Gasteiger partial charge < -0.3 is 9.64 Å². The summed E-state index contributed by atoms with van der Waals surface area (Å²) >= 11 is 0. The maximum Gasteiger partial charge on any atom is 0.282 e. The highest BCUT2D eigenvalue weighted by Gasteiger charge is 2.37. The van der Waals surface area contributed by atoms with E-state index in [0.717, 1.165) is 5.56 Å². The molecule has 2 heterocycles. The standard InChI is InChI=1S/C14H20FN3O2/c1-10(2)12(15)13(19)18-5-6-20-14(3,9-18)11-7-16-17(4)8-11/h7-8H,5-6,9H2,1-4H3. The Balaban J connectivity index is 2.20. The topological polar surface area (TPSA) is 47.4 Å². The highest BCUT2D eigenvalue weighted by Crippen LogP contribution is 2.29. The first-order valence-corrected chi connectivity index (χ1v) is 6.59. The van der Waals surface area contributed by atoms with E-state index in [0.29, 0.717) is 25.3 Å². The summed E-state index contributed by atoms with van der Waals surface area (Å²) in [5.41, 5.74) is 0.629. The van der Waals surface area contributed by atoms with Crippen molar-refractivity contribution < 1.29 is 13.9 Å². The Morgan fingerprint density at radius 3 is 2.75 bits per heavy atom. The molecule has 5 nitrogen and oxygen atoms in total. The summed E-state index contributed by atoms with van der Waals surface area (Å²) in [7, 11) is 1.82. The number of hydrogen-bond donors (Lipinski definition) is 0. The van der Waals surface area contributed by atoms with Crippen LogP contribution in [0.1, 0.15) is 26.3 Å². The van der Waals surface area contributed by atoms with Crippen molar-refractivity contribution in [2.24, 2.45) is 7.05 Å². The highest BCUT2D eigenvalue weighted by atomic mass is 19.1. The Bertz CT molecular complexity index is 548. The summed E-state index contributed by atoms with van der Waals surface area (Å²) in [4.78, 5) is 13.6. The lowest BCUT2D eigenvalue weighted by Crippen LogP contribution is -2.50. The second-order valence-corrected chi connectivity index (χ2v) is 5.52.